The molecule has 0 radical (unpaired) electrons. The van der Waals surface area contributed by atoms with Gasteiger partial charge in [0, 0.05) is 29.3 Å². The molecule has 1 aliphatic rings. The molecule has 1 saturated carbocycles. The van der Waals surface area contributed by atoms with E-state index in [0.29, 0.717) is 5.92 Å². The van der Waals surface area contributed by atoms with Crippen LogP contribution in [-0.4, -0.2) is 19.1 Å². The summed E-state index contributed by atoms with van der Waals surface area (Å²) in [5.41, 5.74) is 2.72. The molecule has 0 heterocycles. The highest BCUT2D eigenvalue weighted by Crippen LogP contribution is 2.31. The average Bonchev–Trinajstić information content (AvgIpc) is 2.97. The molecule has 118 valence electrons. The summed E-state index contributed by atoms with van der Waals surface area (Å²) in [5, 5.41) is 3.40. The first-order chi connectivity index (χ1) is 10.1. The highest BCUT2D eigenvalue weighted by Gasteiger charge is 2.23. The van der Waals surface area contributed by atoms with Gasteiger partial charge in [-0.05, 0) is 43.0 Å². The van der Waals surface area contributed by atoms with Crippen LogP contribution in [0.15, 0.2) is 22.7 Å². The second-order valence-corrected chi connectivity index (χ2v) is 7.39. The first-order valence-electron chi connectivity index (χ1n) is 8.37. The van der Waals surface area contributed by atoms with Crippen molar-refractivity contribution in [1.29, 1.82) is 0 Å². The number of hydrogen-bond donors (Lipinski definition) is 1. The van der Waals surface area contributed by atoms with Crippen LogP contribution >= 0.6 is 15.9 Å². The topological polar surface area (TPSA) is 15.3 Å². The summed E-state index contributed by atoms with van der Waals surface area (Å²) in [4.78, 5) is 2.64. The Balaban J connectivity index is 2.16. The first-order valence-corrected chi connectivity index (χ1v) is 9.17. The third-order valence-electron chi connectivity index (χ3n) is 4.26. The molecule has 0 aliphatic heterocycles. The van der Waals surface area contributed by atoms with E-state index < -0.39 is 0 Å². The smallest absolute Gasteiger partial charge is 0.0380 e. The molecule has 0 atom stereocenters. The Labute approximate surface area is 138 Å². The summed E-state index contributed by atoms with van der Waals surface area (Å²) in [6.45, 7) is 9.88. The summed E-state index contributed by atoms with van der Waals surface area (Å²) in [5.74, 6) is 0.700. The zero-order chi connectivity index (χ0) is 15.2. The summed E-state index contributed by atoms with van der Waals surface area (Å²) < 4.78 is 1.23. The molecular formula is C18H29BrN2. The fourth-order valence-electron chi connectivity index (χ4n) is 3.19. The summed E-state index contributed by atoms with van der Waals surface area (Å²) >= 11 is 3.75. The van der Waals surface area contributed by atoms with Crippen LogP contribution in [-0.2, 0) is 6.54 Å². The lowest BCUT2D eigenvalue weighted by Crippen LogP contribution is -2.36. The van der Waals surface area contributed by atoms with E-state index in [1.54, 1.807) is 0 Å². The van der Waals surface area contributed by atoms with Crippen LogP contribution < -0.4 is 10.2 Å². The Morgan fingerprint density at radius 1 is 1.29 bits per heavy atom. The van der Waals surface area contributed by atoms with Crippen molar-refractivity contribution in [3.05, 3.63) is 28.2 Å². The number of halogens is 1. The number of benzene rings is 1. The van der Waals surface area contributed by atoms with E-state index in [9.17, 15) is 0 Å². The minimum atomic E-state index is 0.700. The van der Waals surface area contributed by atoms with E-state index in [0.717, 1.165) is 25.7 Å². The van der Waals surface area contributed by atoms with Crippen molar-refractivity contribution in [2.75, 3.05) is 18.0 Å². The maximum absolute atomic E-state index is 3.75. The molecule has 2 nitrogen and oxygen atoms in total. The second-order valence-electron chi connectivity index (χ2n) is 6.54. The van der Waals surface area contributed by atoms with Crippen molar-refractivity contribution in [2.45, 2.75) is 59.0 Å². The zero-order valence-electron chi connectivity index (χ0n) is 13.7. The van der Waals surface area contributed by atoms with Gasteiger partial charge < -0.3 is 10.2 Å². The fraction of sp³-hybridized carbons (Fsp3) is 0.667. The van der Waals surface area contributed by atoms with Crippen LogP contribution in [0.4, 0.5) is 5.69 Å². The Morgan fingerprint density at radius 2 is 2.00 bits per heavy atom. The van der Waals surface area contributed by atoms with Crippen LogP contribution in [0.25, 0.3) is 0 Å². The van der Waals surface area contributed by atoms with Crippen molar-refractivity contribution in [3.8, 4) is 0 Å². The number of rotatable bonds is 7. The van der Waals surface area contributed by atoms with Crippen molar-refractivity contribution in [2.24, 2.45) is 5.92 Å². The molecule has 1 N–H and O–H groups in total. The third-order valence-corrected chi connectivity index (χ3v) is 5.00. The lowest BCUT2D eigenvalue weighted by molar-refractivity contribution is 0.535. The molecule has 1 fully saturated rings. The second kappa shape index (κ2) is 8.19. The van der Waals surface area contributed by atoms with Crippen molar-refractivity contribution in [1.82, 2.24) is 5.32 Å². The summed E-state index contributed by atoms with van der Waals surface area (Å²) in [6.07, 6.45) is 5.48. The van der Waals surface area contributed by atoms with Crippen LogP contribution in [0, 0.1) is 5.92 Å². The molecule has 1 aliphatic carbocycles. The molecule has 2 rings (SSSR count). The number of hydrogen-bond acceptors (Lipinski definition) is 2. The lowest BCUT2D eigenvalue weighted by atomic mass is 10.1. The molecule has 0 bridgehead atoms. The van der Waals surface area contributed by atoms with Gasteiger partial charge in [-0.3, -0.25) is 0 Å². The normalized spacial score (nSPS) is 15.9. The monoisotopic (exact) mass is 352 g/mol. The molecule has 1 aromatic rings. The highest BCUT2D eigenvalue weighted by molar-refractivity contribution is 9.10. The minimum Gasteiger partial charge on any atom is -0.368 e. The molecule has 3 heteroatoms. The van der Waals surface area contributed by atoms with Gasteiger partial charge in [0.2, 0.25) is 0 Å². The van der Waals surface area contributed by atoms with E-state index in [1.807, 2.05) is 0 Å². The summed E-state index contributed by atoms with van der Waals surface area (Å²) in [6, 6.07) is 7.62. The molecule has 21 heavy (non-hydrogen) atoms. The van der Waals surface area contributed by atoms with Gasteiger partial charge in [-0.25, -0.2) is 0 Å². The Morgan fingerprint density at radius 3 is 2.57 bits per heavy atom. The molecular weight excluding hydrogens is 324 g/mol. The SMILES string of the molecule is CCNCc1ccc(N(CC(C)C)C2CCCC2)cc1Br. The van der Waals surface area contributed by atoms with Crippen molar-refractivity contribution in [3.63, 3.8) is 0 Å². The van der Waals surface area contributed by atoms with Crippen molar-refractivity contribution >= 4 is 21.6 Å². The standard InChI is InChI=1S/C18H29BrN2/c1-4-20-12-15-9-10-17(11-18(15)19)21(13-14(2)3)16-7-5-6-8-16/h9-11,14,16,20H,4-8,12-13H2,1-3H3. The number of nitrogens with zero attached hydrogens (tertiary/aromatic N) is 1. The zero-order valence-corrected chi connectivity index (χ0v) is 15.2. The minimum absolute atomic E-state index is 0.700. The molecule has 0 aromatic heterocycles. The van der Waals surface area contributed by atoms with Gasteiger partial charge in [-0.15, -0.1) is 0 Å². The van der Waals surface area contributed by atoms with Gasteiger partial charge in [-0.1, -0.05) is 55.6 Å². The van der Waals surface area contributed by atoms with Gasteiger partial charge >= 0.3 is 0 Å². The molecule has 0 spiro atoms. The third kappa shape index (κ3) is 4.72. The van der Waals surface area contributed by atoms with E-state index in [2.05, 4.69) is 65.1 Å². The lowest BCUT2D eigenvalue weighted by Gasteiger charge is -2.33. The Hall–Kier alpha value is -0.540. The molecule has 0 amide bonds. The molecule has 0 saturated heterocycles. The first kappa shape index (κ1) is 16.8. The Bertz CT molecular complexity index is 439. The fourth-order valence-corrected chi connectivity index (χ4v) is 3.70. The van der Waals surface area contributed by atoms with Crippen molar-refractivity contribution < 1.29 is 0 Å². The van der Waals surface area contributed by atoms with Gasteiger partial charge in [0.25, 0.3) is 0 Å². The summed E-state index contributed by atoms with van der Waals surface area (Å²) in [7, 11) is 0. The highest BCUT2D eigenvalue weighted by atomic mass is 79.9. The predicted molar refractivity (Wildman–Crippen MR) is 96.0 cm³/mol. The van der Waals surface area contributed by atoms with E-state index in [1.165, 1.54) is 41.4 Å². The van der Waals surface area contributed by atoms with Gasteiger partial charge in [0.1, 0.15) is 0 Å². The average molecular weight is 353 g/mol. The molecule has 0 unspecified atom stereocenters. The van der Waals surface area contributed by atoms with Gasteiger partial charge in [0.15, 0.2) is 0 Å². The quantitative estimate of drug-likeness (QED) is 0.745. The van der Waals surface area contributed by atoms with E-state index >= 15 is 0 Å². The largest absolute Gasteiger partial charge is 0.368 e. The van der Waals surface area contributed by atoms with E-state index in [-0.39, 0.29) is 0 Å². The van der Waals surface area contributed by atoms with Crippen LogP contribution in [0.3, 0.4) is 0 Å². The molecule has 1 aromatic carbocycles. The maximum Gasteiger partial charge on any atom is 0.0380 e. The van der Waals surface area contributed by atoms with Gasteiger partial charge in [-0.2, -0.15) is 0 Å². The van der Waals surface area contributed by atoms with Crippen LogP contribution in [0.2, 0.25) is 0 Å². The van der Waals surface area contributed by atoms with Gasteiger partial charge in [0.05, 0.1) is 0 Å². The maximum atomic E-state index is 3.75. The van der Waals surface area contributed by atoms with Crippen LogP contribution in [0.1, 0.15) is 52.0 Å². The number of anilines is 1. The predicted octanol–water partition coefficient (Wildman–Crippen LogP) is 4.96. The van der Waals surface area contributed by atoms with E-state index in [4.69, 9.17) is 0 Å². The number of nitrogens with one attached hydrogen (secondary N) is 1. The van der Waals surface area contributed by atoms with Crippen LogP contribution in [0.5, 0.6) is 0 Å². The Kier molecular flexibility index (Phi) is 6.56.